The first-order valence-corrected chi connectivity index (χ1v) is 7.98. The first kappa shape index (κ1) is 16.6. The van der Waals surface area contributed by atoms with Crippen molar-refractivity contribution >= 4 is 5.91 Å². The Bertz CT molecular complexity index is 803. The molecule has 2 aromatic carbocycles. The Labute approximate surface area is 138 Å². The van der Waals surface area contributed by atoms with E-state index in [0.29, 0.717) is 19.4 Å². The van der Waals surface area contributed by atoms with E-state index in [4.69, 9.17) is 0 Å². The maximum absolute atomic E-state index is 14.0. The van der Waals surface area contributed by atoms with Crippen molar-refractivity contribution in [1.29, 1.82) is 0 Å². The molecule has 24 heavy (non-hydrogen) atoms. The number of nitrogens with zero attached hydrogens (tertiary/aromatic N) is 1. The third kappa shape index (κ3) is 2.68. The van der Waals surface area contributed by atoms with Crippen LogP contribution in [0.5, 0.6) is 0 Å². The normalized spacial score (nSPS) is 16.9. The van der Waals surface area contributed by atoms with E-state index >= 15 is 0 Å². The summed E-state index contributed by atoms with van der Waals surface area (Å²) in [6.07, 6.45) is 1.32. The number of halogens is 3. The molecule has 1 amide bonds. The van der Waals surface area contributed by atoms with Crippen molar-refractivity contribution in [3.8, 4) is 0 Å². The van der Waals surface area contributed by atoms with Crippen LogP contribution in [0.4, 0.5) is 13.2 Å². The number of benzene rings is 2. The average molecular weight is 333 g/mol. The van der Waals surface area contributed by atoms with Gasteiger partial charge >= 0.3 is 0 Å². The summed E-state index contributed by atoms with van der Waals surface area (Å²) in [4.78, 5) is 14.3. The molecule has 1 aliphatic rings. The van der Waals surface area contributed by atoms with Crippen molar-refractivity contribution in [1.82, 2.24) is 4.90 Å². The molecule has 0 fully saturated rings. The Morgan fingerprint density at radius 1 is 1.17 bits per heavy atom. The minimum atomic E-state index is -1.61. The molecule has 126 valence electrons. The molecule has 1 heterocycles. The molecule has 2 aromatic rings. The van der Waals surface area contributed by atoms with Crippen LogP contribution in [0.1, 0.15) is 46.4 Å². The maximum Gasteiger partial charge on any atom is 0.257 e. The fraction of sp³-hybridized carbons (Fsp3) is 0.316. The van der Waals surface area contributed by atoms with Crippen molar-refractivity contribution in [2.45, 2.75) is 32.7 Å². The van der Waals surface area contributed by atoms with Gasteiger partial charge in [-0.25, -0.2) is 13.2 Å². The summed E-state index contributed by atoms with van der Waals surface area (Å²) in [5.74, 6) is -4.94. The van der Waals surface area contributed by atoms with E-state index in [1.807, 2.05) is 26.0 Å². The van der Waals surface area contributed by atoms with Crippen molar-refractivity contribution in [3.05, 3.63) is 70.0 Å². The maximum atomic E-state index is 14.0. The average Bonchev–Trinajstić information content (AvgIpc) is 2.58. The zero-order chi connectivity index (χ0) is 17.4. The third-order valence-corrected chi connectivity index (χ3v) is 4.57. The van der Waals surface area contributed by atoms with Gasteiger partial charge in [0.1, 0.15) is 0 Å². The smallest absolute Gasteiger partial charge is 0.257 e. The highest BCUT2D eigenvalue weighted by atomic mass is 19.2. The van der Waals surface area contributed by atoms with Gasteiger partial charge in [0, 0.05) is 6.54 Å². The number of fused-ring (bicyclic) bond motifs is 1. The molecule has 0 aromatic heterocycles. The predicted molar refractivity (Wildman–Crippen MR) is 85.3 cm³/mol. The molecule has 1 unspecified atom stereocenters. The van der Waals surface area contributed by atoms with Crippen molar-refractivity contribution in [3.63, 3.8) is 0 Å². The fourth-order valence-corrected chi connectivity index (χ4v) is 3.37. The summed E-state index contributed by atoms with van der Waals surface area (Å²) >= 11 is 0. The molecular weight excluding hydrogens is 315 g/mol. The van der Waals surface area contributed by atoms with Gasteiger partial charge in [-0.2, -0.15) is 0 Å². The third-order valence-electron chi connectivity index (χ3n) is 4.57. The molecule has 0 spiro atoms. The van der Waals surface area contributed by atoms with Crippen LogP contribution in [0, 0.1) is 24.4 Å². The van der Waals surface area contributed by atoms with Gasteiger partial charge in [0.2, 0.25) is 0 Å². The fourth-order valence-electron chi connectivity index (χ4n) is 3.37. The molecule has 0 N–H and O–H groups in total. The van der Waals surface area contributed by atoms with Crippen LogP contribution in [0.15, 0.2) is 30.3 Å². The largest absolute Gasteiger partial charge is 0.331 e. The minimum Gasteiger partial charge on any atom is -0.331 e. The lowest BCUT2D eigenvalue weighted by Gasteiger charge is -2.37. The summed E-state index contributed by atoms with van der Waals surface area (Å²) < 4.78 is 40.5. The van der Waals surface area contributed by atoms with E-state index < -0.39 is 28.9 Å². The van der Waals surface area contributed by atoms with Crippen LogP contribution in [0.25, 0.3) is 0 Å². The highest BCUT2D eigenvalue weighted by Crippen LogP contribution is 2.34. The van der Waals surface area contributed by atoms with E-state index in [1.54, 1.807) is 4.90 Å². The molecule has 3 rings (SSSR count). The molecule has 0 radical (unpaired) electrons. The molecule has 1 atom stereocenters. The standard InChI is InChI=1S/C19H18F3NO/c1-3-16-13-5-4-11(2)10-12(13)8-9-23(16)19(24)14-6-7-15(20)18(22)17(14)21/h4-7,10,16H,3,8-9H2,1-2H3. The monoisotopic (exact) mass is 333 g/mol. The number of amides is 1. The summed E-state index contributed by atoms with van der Waals surface area (Å²) in [7, 11) is 0. The molecule has 2 nitrogen and oxygen atoms in total. The number of hydrogen-bond donors (Lipinski definition) is 0. The zero-order valence-electron chi connectivity index (χ0n) is 13.6. The van der Waals surface area contributed by atoms with Crippen LogP contribution in [-0.2, 0) is 6.42 Å². The lowest BCUT2D eigenvalue weighted by molar-refractivity contribution is 0.0649. The van der Waals surface area contributed by atoms with Gasteiger partial charge in [-0.1, -0.05) is 30.7 Å². The van der Waals surface area contributed by atoms with E-state index in [9.17, 15) is 18.0 Å². The number of aryl methyl sites for hydroxylation is 1. The van der Waals surface area contributed by atoms with Crippen LogP contribution in [-0.4, -0.2) is 17.4 Å². The lowest BCUT2D eigenvalue weighted by atomic mass is 9.89. The van der Waals surface area contributed by atoms with E-state index in [-0.39, 0.29) is 6.04 Å². The van der Waals surface area contributed by atoms with Gasteiger partial charge in [-0.3, -0.25) is 4.79 Å². The highest BCUT2D eigenvalue weighted by Gasteiger charge is 2.32. The summed E-state index contributed by atoms with van der Waals surface area (Å²) in [5, 5.41) is 0. The number of hydrogen-bond acceptors (Lipinski definition) is 1. The van der Waals surface area contributed by atoms with Gasteiger partial charge in [0.05, 0.1) is 11.6 Å². The Balaban J connectivity index is 1.99. The second-order valence-corrected chi connectivity index (χ2v) is 6.10. The minimum absolute atomic E-state index is 0.200. The van der Waals surface area contributed by atoms with Crippen molar-refractivity contribution < 1.29 is 18.0 Å². The van der Waals surface area contributed by atoms with E-state index in [1.165, 1.54) is 5.56 Å². The van der Waals surface area contributed by atoms with Crippen LogP contribution in [0.2, 0.25) is 0 Å². The molecule has 5 heteroatoms. The quantitative estimate of drug-likeness (QED) is 0.738. The van der Waals surface area contributed by atoms with Crippen LogP contribution in [0.3, 0.4) is 0 Å². The molecule has 0 aliphatic carbocycles. The molecule has 0 saturated carbocycles. The highest BCUT2D eigenvalue weighted by molar-refractivity contribution is 5.95. The van der Waals surface area contributed by atoms with Crippen LogP contribution < -0.4 is 0 Å². The second kappa shape index (κ2) is 6.30. The zero-order valence-corrected chi connectivity index (χ0v) is 13.6. The SMILES string of the molecule is CCC1c2ccc(C)cc2CCN1C(=O)c1ccc(F)c(F)c1F. The first-order chi connectivity index (χ1) is 11.4. The molecule has 0 saturated heterocycles. The summed E-state index contributed by atoms with van der Waals surface area (Å²) in [5.41, 5.74) is 2.93. The lowest BCUT2D eigenvalue weighted by Crippen LogP contribution is -2.40. The van der Waals surface area contributed by atoms with Crippen LogP contribution >= 0.6 is 0 Å². The predicted octanol–water partition coefficient (Wildman–Crippen LogP) is 4.56. The number of carbonyl (C=O) groups excluding carboxylic acids is 1. The molecule has 1 aliphatic heterocycles. The number of carbonyl (C=O) groups is 1. The van der Waals surface area contributed by atoms with E-state index in [2.05, 4.69) is 6.07 Å². The Morgan fingerprint density at radius 3 is 2.62 bits per heavy atom. The van der Waals surface area contributed by atoms with Crippen molar-refractivity contribution in [2.75, 3.05) is 6.54 Å². The van der Waals surface area contributed by atoms with Crippen molar-refractivity contribution in [2.24, 2.45) is 0 Å². The molecule has 0 bridgehead atoms. The Hall–Kier alpha value is -2.30. The Morgan fingerprint density at radius 2 is 1.92 bits per heavy atom. The summed E-state index contributed by atoms with van der Waals surface area (Å²) in [6.45, 7) is 4.38. The number of rotatable bonds is 2. The first-order valence-electron chi connectivity index (χ1n) is 7.98. The summed E-state index contributed by atoms with van der Waals surface area (Å²) in [6, 6.07) is 7.65. The Kier molecular flexibility index (Phi) is 4.35. The molecular formula is C19H18F3NO. The van der Waals surface area contributed by atoms with Gasteiger partial charge < -0.3 is 4.90 Å². The topological polar surface area (TPSA) is 20.3 Å². The van der Waals surface area contributed by atoms with Gasteiger partial charge in [0.15, 0.2) is 17.5 Å². The van der Waals surface area contributed by atoms with Gasteiger partial charge in [-0.15, -0.1) is 0 Å². The van der Waals surface area contributed by atoms with Gasteiger partial charge in [0.25, 0.3) is 5.91 Å². The van der Waals surface area contributed by atoms with Gasteiger partial charge in [-0.05, 0) is 43.0 Å². The van der Waals surface area contributed by atoms with E-state index in [0.717, 1.165) is 23.3 Å². The second-order valence-electron chi connectivity index (χ2n) is 6.10.